The zero-order valence-corrected chi connectivity index (χ0v) is 13.2. The average Bonchev–Trinajstić information content (AvgIpc) is 3.37. The van der Waals surface area contributed by atoms with Crippen molar-refractivity contribution in [2.75, 3.05) is 26.8 Å². The Kier molecular flexibility index (Phi) is 4.52. The van der Waals surface area contributed by atoms with Crippen molar-refractivity contribution in [1.82, 2.24) is 10.2 Å². The fourth-order valence-corrected chi connectivity index (χ4v) is 2.94. The van der Waals surface area contributed by atoms with Crippen LogP contribution in [0.1, 0.15) is 31.4 Å². The number of carbonyl (C=O) groups is 1. The summed E-state index contributed by atoms with van der Waals surface area (Å²) in [6, 6.07) is 8.11. The topological polar surface area (TPSA) is 50.8 Å². The van der Waals surface area contributed by atoms with Crippen molar-refractivity contribution in [3.05, 3.63) is 29.8 Å². The Morgan fingerprint density at radius 1 is 1.36 bits per heavy atom. The van der Waals surface area contributed by atoms with Crippen LogP contribution in [0.3, 0.4) is 0 Å². The number of hydrogen-bond donors (Lipinski definition) is 1. The highest BCUT2D eigenvalue weighted by Crippen LogP contribution is 2.41. The monoisotopic (exact) mass is 304 g/mol. The summed E-state index contributed by atoms with van der Waals surface area (Å²) in [4.78, 5) is 14.4. The zero-order chi connectivity index (χ0) is 15.5. The lowest BCUT2D eigenvalue weighted by Crippen LogP contribution is -2.49. The maximum absolute atomic E-state index is 12.5. The van der Waals surface area contributed by atoms with Gasteiger partial charge in [-0.2, -0.15) is 0 Å². The molecule has 0 spiro atoms. The summed E-state index contributed by atoms with van der Waals surface area (Å²) in [5.41, 5.74) is 1.15. The quantitative estimate of drug-likeness (QED) is 0.930. The third kappa shape index (κ3) is 3.53. The Bertz CT molecular complexity index is 513. The minimum absolute atomic E-state index is 0.0165. The van der Waals surface area contributed by atoms with Gasteiger partial charge < -0.3 is 19.7 Å². The summed E-state index contributed by atoms with van der Waals surface area (Å²) in [5, 5.41) is 3.21. The SMILES string of the molecule is COc1ccc(C(NC(=O)N2CCOC(C)C2)C2CC2)cc1. The summed E-state index contributed by atoms with van der Waals surface area (Å²) in [7, 11) is 1.66. The van der Waals surface area contributed by atoms with Gasteiger partial charge in [-0.15, -0.1) is 0 Å². The number of carbonyl (C=O) groups excluding carboxylic acids is 1. The first-order valence-corrected chi connectivity index (χ1v) is 7.98. The van der Waals surface area contributed by atoms with Gasteiger partial charge in [0, 0.05) is 13.1 Å². The highest BCUT2D eigenvalue weighted by atomic mass is 16.5. The molecule has 0 bridgehead atoms. The minimum Gasteiger partial charge on any atom is -0.497 e. The standard InChI is InChI=1S/C17H24N2O3/c1-12-11-19(9-10-22-12)17(20)18-16(13-3-4-13)14-5-7-15(21-2)8-6-14/h5-8,12-13,16H,3-4,9-11H2,1-2H3,(H,18,20). The van der Waals surface area contributed by atoms with Crippen LogP contribution in [-0.2, 0) is 4.74 Å². The largest absolute Gasteiger partial charge is 0.497 e. The van der Waals surface area contributed by atoms with Crippen LogP contribution >= 0.6 is 0 Å². The lowest BCUT2D eigenvalue weighted by molar-refractivity contribution is -0.00398. The maximum Gasteiger partial charge on any atom is 0.318 e. The van der Waals surface area contributed by atoms with E-state index in [4.69, 9.17) is 9.47 Å². The van der Waals surface area contributed by atoms with Crippen LogP contribution in [0.4, 0.5) is 4.79 Å². The fourth-order valence-electron chi connectivity index (χ4n) is 2.94. The molecule has 0 radical (unpaired) electrons. The molecule has 1 saturated heterocycles. The Hall–Kier alpha value is -1.75. The molecule has 1 aliphatic carbocycles. The predicted molar refractivity (Wildman–Crippen MR) is 84.0 cm³/mol. The molecule has 1 aromatic carbocycles. The van der Waals surface area contributed by atoms with Crippen LogP contribution in [0.5, 0.6) is 5.75 Å². The summed E-state index contributed by atoms with van der Waals surface area (Å²) >= 11 is 0. The second-order valence-corrected chi connectivity index (χ2v) is 6.17. The third-order valence-electron chi connectivity index (χ3n) is 4.38. The molecular weight excluding hydrogens is 280 g/mol. The van der Waals surface area contributed by atoms with E-state index in [2.05, 4.69) is 5.32 Å². The van der Waals surface area contributed by atoms with Gasteiger partial charge >= 0.3 is 6.03 Å². The van der Waals surface area contributed by atoms with Gasteiger partial charge in [-0.1, -0.05) is 12.1 Å². The molecular formula is C17H24N2O3. The van der Waals surface area contributed by atoms with Gasteiger partial charge in [0.25, 0.3) is 0 Å². The molecule has 2 fully saturated rings. The number of amides is 2. The molecule has 2 amide bonds. The van der Waals surface area contributed by atoms with E-state index in [0.29, 0.717) is 25.6 Å². The van der Waals surface area contributed by atoms with Crippen LogP contribution in [-0.4, -0.2) is 43.8 Å². The second-order valence-electron chi connectivity index (χ2n) is 6.17. The zero-order valence-electron chi connectivity index (χ0n) is 13.2. The summed E-state index contributed by atoms with van der Waals surface area (Å²) in [6.45, 7) is 3.94. The van der Waals surface area contributed by atoms with Crippen LogP contribution < -0.4 is 10.1 Å². The van der Waals surface area contributed by atoms with Gasteiger partial charge in [0.1, 0.15) is 5.75 Å². The molecule has 5 nitrogen and oxygen atoms in total. The third-order valence-corrected chi connectivity index (χ3v) is 4.38. The molecule has 1 saturated carbocycles. The van der Waals surface area contributed by atoms with Crippen molar-refractivity contribution in [2.24, 2.45) is 5.92 Å². The lowest BCUT2D eigenvalue weighted by atomic mass is 10.0. The van der Waals surface area contributed by atoms with E-state index >= 15 is 0 Å². The first-order chi connectivity index (χ1) is 10.7. The Balaban J connectivity index is 1.67. The summed E-state index contributed by atoms with van der Waals surface area (Å²) in [5.74, 6) is 1.39. The normalized spacial score (nSPS) is 23.0. The molecule has 2 atom stereocenters. The number of morpholine rings is 1. The molecule has 1 heterocycles. The molecule has 1 aliphatic heterocycles. The van der Waals surface area contributed by atoms with Crippen molar-refractivity contribution in [3.8, 4) is 5.75 Å². The molecule has 5 heteroatoms. The average molecular weight is 304 g/mol. The summed E-state index contributed by atoms with van der Waals surface area (Å²) < 4.78 is 10.7. The minimum atomic E-state index is 0.0165. The molecule has 2 aliphatic rings. The predicted octanol–water partition coefficient (Wildman–Crippen LogP) is 2.58. The number of ether oxygens (including phenoxy) is 2. The van der Waals surface area contributed by atoms with Gasteiger partial charge in [-0.25, -0.2) is 4.79 Å². The van der Waals surface area contributed by atoms with E-state index in [1.807, 2.05) is 36.1 Å². The number of benzene rings is 1. The van der Waals surface area contributed by atoms with Crippen LogP contribution in [0.15, 0.2) is 24.3 Å². The number of rotatable bonds is 4. The van der Waals surface area contributed by atoms with Crippen molar-refractivity contribution in [3.63, 3.8) is 0 Å². The van der Waals surface area contributed by atoms with E-state index in [1.54, 1.807) is 7.11 Å². The van der Waals surface area contributed by atoms with Gasteiger partial charge in [-0.3, -0.25) is 0 Å². The molecule has 1 aromatic rings. The van der Waals surface area contributed by atoms with Gasteiger partial charge in [-0.05, 0) is 43.4 Å². The van der Waals surface area contributed by atoms with E-state index in [9.17, 15) is 4.79 Å². The van der Waals surface area contributed by atoms with Gasteiger partial charge in [0.15, 0.2) is 0 Å². The number of nitrogens with zero attached hydrogens (tertiary/aromatic N) is 1. The van der Waals surface area contributed by atoms with Crippen LogP contribution in [0.2, 0.25) is 0 Å². The van der Waals surface area contributed by atoms with E-state index in [-0.39, 0.29) is 18.2 Å². The van der Waals surface area contributed by atoms with Crippen molar-refractivity contribution < 1.29 is 14.3 Å². The van der Waals surface area contributed by atoms with Crippen LogP contribution in [0.25, 0.3) is 0 Å². The smallest absolute Gasteiger partial charge is 0.318 e. The summed E-state index contributed by atoms with van der Waals surface area (Å²) in [6.07, 6.45) is 2.47. The highest BCUT2D eigenvalue weighted by molar-refractivity contribution is 5.75. The Labute approximate surface area is 131 Å². The number of nitrogens with one attached hydrogen (secondary N) is 1. The molecule has 120 valence electrons. The second kappa shape index (κ2) is 6.57. The van der Waals surface area contributed by atoms with E-state index in [1.165, 1.54) is 12.8 Å². The molecule has 0 aromatic heterocycles. The van der Waals surface area contributed by atoms with Crippen molar-refractivity contribution >= 4 is 6.03 Å². The van der Waals surface area contributed by atoms with Crippen molar-refractivity contribution in [1.29, 1.82) is 0 Å². The number of methoxy groups -OCH3 is 1. The van der Waals surface area contributed by atoms with Gasteiger partial charge in [0.2, 0.25) is 0 Å². The first-order valence-electron chi connectivity index (χ1n) is 7.98. The maximum atomic E-state index is 12.5. The number of hydrogen-bond acceptors (Lipinski definition) is 3. The fraction of sp³-hybridized carbons (Fsp3) is 0.588. The Morgan fingerprint density at radius 2 is 2.09 bits per heavy atom. The highest BCUT2D eigenvalue weighted by Gasteiger charge is 2.34. The first kappa shape index (κ1) is 15.2. The number of urea groups is 1. The van der Waals surface area contributed by atoms with E-state index < -0.39 is 0 Å². The molecule has 3 rings (SSSR count). The van der Waals surface area contributed by atoms with E-state index in [0.717, 1.165) is 11.3 Å². The molecule has 1 N–H and O–H groups in total. The molecule has 22 heavy (non-hydrogen) atoms. The molecule has 2 unspecified atom stereocenters. The van der Waals surface area contributed by atoms with Gasteiger partial charge in [0.05, 0.1) is 25.9 Å². The van der Waals surface area contributed by atoms with Crippen molar-refractivity contribution in [2.45, 2.75) is 31.9 Å². The Morgan fingerprint density at radius 3 is 2.68 bits per heavy atom. The van der Waals surface area contributed by atoms with Crippen LogP contribution in [0, 0.1) is 5.92 Å². The lowest BCUT2D eigenvalue weighted by Gasteiger charge is -2.32.